The van der Waals surface area contributed by atoms with Crippen molar-refractivity contribution in [1.82, 2.24) is 0 Å². The van der Waals surface area contributed by atoms with Crippen LogP contribution in [0.1, 0.15) is 5.56 Å². The summed E-state index contributed by atoms with van der Waals surface area (Å²) >= 11 is 3.33. The molecule has 1 rings (SSSR count). The molecule has 3 heteroatoms. The molecule has 0 aliphatic carbocycles. The van der Waals surface area contributed by atoms with E-state index in [1.54, 1.807) is 26.4 Å². The number of halogens is 1. The number of benzene rings is 1. The zero-order valence-electron chi connectivity index (χ0n) is 7.43. The molecule has 0 aliphatic heterocycles. The number of ether oxygens (including phenoxy) is 2. The van der Waals surface area contributed by atoms with Gasteiger partial charge >= 0.3 is 0 Å². The Labute approximate surface area is 86.0 Å². The second-order valence-corrected chi connectivity index (χ2v) is 3.25. The first-order valence-electron chi connectivity index (χ1n) is 3.61. The van der Waals surface area contributed by atoms with Crippen molar-refractivity contribution in [3.8, 4) is 23.8 Å². The molecule has 0 amide bonds. The highest BCUT2D eigenvalue weighted by Crippen LogP contribution is 2.31. The minimum atomic E-state index is 0.633. The van der Waals surface area contributed by atoms with Crippen LogP contribution in [0, 0.1) is 12.3 Å². The summed E-state index contributed by atoms with van der Waals surface area (Å²) in [5.74, 6) is 3.79. The molecule has 0 unspecified atom stereocenters. The average molecular weight is 241 g/mol. The third kappa shape index (κ3) is 1.96. The molecule has 1 aromatic rings. The molecule has 0 saturated carbocycles. The number of rotatable bonds is 2. The molecule has 2 nitrogen and oxygen atoms in total. The lowest BCUT2D eigenvalue weighted by Crippen LogP contribution is -1.93. The lowest BCUT2D eigenvalue weighted by atomic mass is 10.2. The van der Waals surface area contributed by atoms with E-state index in [1.807, 2.05) is 0 Å². The normalized spacial score (nSPS) is 9.08. The highest BCUT2D eigenvalue weighted by atomic mass is 79.9. The molecule has 0 saturated heterocycles. The summed E-state index contributed by atoms with van der Waals surface area (Å²) in [5.41, 5.74) is 0.633. The van der Waals surface area contributed by atoms with Crippen molar-refractivity contribution in [3.63, 3.8) is 0 Å². The molecular formula is C10H9BrO2. The monoisotopic (exact) mass is 240 g/mol. The lowest BCUT2D eigenvalue weighted by molar-refractivity contribution is 0.391. The summed E-state index contributed by atoms with van der Waals surface area (Å²) in [4.78, 5) is 0. The second-order valence-electron chi connectivity index (χ2n) is 2.33. The predicted molar refractivity (Wildman–Crippen MR) is 55.2 cm³/mol. The number of hydrogen-bond acceptors (Lipinski definition) is 2. The Morgan fingerprint density at radius 1 is 1.23 bits per heavy atom. The molecule has 0 atom stereocenters. The van der Waals surface area contributed by atoms with Gasteiger partial charge in [0.25, 0.3) is 0 Å². The molecule has 0 bridgehead atoms. The van der Waals surface area contributed by atoms with E-state index in [2.05, 4.69) is 21.9 Å². The Morgan fingerprint density at radius 3 is 2.00 bits per heavy atom. The molecule has 13 heavy (non-hydrogen) atoms. The Balaban J connectivity index is 3.36. The molecule has 0 aliphatic rings. The molecule has 0 N–H and O–H groups in total. The van der Waals surface area contributed by atoms with Crippen LogP contribution in [0.4, 0.5) is 0 Å². The van der Waals surface area contributed by atoms with Crippen molar-refractivity contribution in [3.05, 3.63) is 22.2 Å². The van der Waals surface area contributed by atoms with Crippen LogP contribution >= 0.6 is 15.9 Å². The van der Waals surface area contributed by atoms with Crippen LogP contribution in [0.5, 0.6) is 11.5 Å². The molecule has 68 valence electrons. The average Bonchev–Trinajstić information content (AvgIpc) is 2.16. The molecule has 0 spiro atoms. The minimum absolute atomic E-state index is 0.633. The van der Waals surface area contributed by atoms with E-state index < -0.39 is 0 Å². The summed E-state index contributed by atoms with van der Waals surface area (Å²) in [6, 6.07) is 3.61. The SMILES string of the molecule is C#Cc1c(OC)cc(Br)cc1OC. The number of methoxy groups -OCH3 is 2. The summed E-state index contributed by atoms with van der Waals surface area (Å²) < 4.78 is 11.1. The molecule has 0 radical (unpaired) electrons. The highest BCUT2D eigenvalue weighted by Gasteiger charge is 2.08. The Morgan fingerprint density at radius 2 is 1.69 bits per heavy atom. The first-order valence-corrected chi connectivity index (χ1v) is 4.40. The van der Waals surface area contributed by atoms with E-state index in [0.29, 0.717) is 17.1 Å². The van der Waals surface area contributed by atoms with E-state index in [0.717, 1.165) is 4.47 Å². The maximum Gasteiger partial charge on any atom is 0.139 e. The summed E-state index contributed by atoms with van der Waals surface area (Å²) in [6.07, 6.45) is 5.33. The topological polar surface area (TPSA) is 18.5 Å². The third-order valence-electron chi connectivity index (χ3n) is 1.61. The molecule has 0 heterocycles. The van der Waals surface area contributed by atoms with Gasteiger partial charge in [0.1, 0.15) is 17.1 Å². The van der Waals surface area contributed by atoms with Crippen LogP contribution in [0.3, 0.4) is 0 Å². The fraction of sp³-hybridized carbons (Fsp3) is 0.200. The van der Waals surface area contributed by atoms with Crippen LogP contribution in [0.25, 0.3) is 0 Å². The fourth-order valence-corrected chi connectivity index (χ4v) is 1.44. The zero-order valence-corrected chi connectivity index (χ0v) is 9.01. The zero-order chi connectivity index (χ0) is 9.84. The number of hydrogen-bond donors (Lipinski definition) is 0. The van der Waals surface area contributed by atoms with Crippen LogP contribution < -0.4 is 9.47 Å². The molecule has 0 aromatic heterocycles. The van der Waals surface area contributed by atoms with Crippen molar-refractivity contribution >= 4 is 15.9 Å². The summed E-state index contributed by atoms with van der Waals surface area (Å²) in [7, 11) is 3.14. The van der Waals surface area contributed by atoms with Gasteiger partial charge in [-0.1, -0.05) is 21.9 Å². The first kappa shape index (κ1) is 9.94. The smallest absolute Gasteiger partial charge is 0.139 e. The van der Waals surface area contributed by atoms with Gasteiger partial charge in [-0.25, -0.2) is 0 Å². The van der Waals surface area contributed by atoms with Crippen molar-refractivity contribution in [2.75, 3.05) is 14.2 Å². The van der Waals surface area contributed by atoms with Gasteiger partial charge in [-0.05, 0) is 12.1 Å². The van der Waals surface area contributed by atoms with Gasteiger partial charge < -0.3 is 9.47 Å². The van der Waals surface area contributed by atoms with Gasteiger partial charge in [-0.3, -0.25) is 0 Å². The first-order chi connectivity index (χ1) is 6.22. The van der Waals surface area contributed by atoms with Gasteiger partial charge in [-0.15, -0.1) is 6.42 Å². The van der Waals surface area contributed by atoms with E-state index >= 15 is 0 Å². The quantitative estimate of drug-likeness (QED) is 0.740. The Kier molecular flexibility index (Phi) is 3.21. The largest absolute Gasteiger partial charge is 0.495 e. The standard InChI is InChI=1S/C10H9BrO2/c1-4-8-9(12-2)5-7(11)6-10(8)13-3/h1,5-6H,2-3H3. The van der Waals surface area contributed by atoms with Gasteiger partial charge in [-0.2, -0.15) is 0 Å². The maximum atomic E-state index is 5.33. The summed E-state index contributed by atoms with van der Waals surface area (Å²) in [5, 5.41) is 0. The Bertz CT molecular complexity index is 327. The number of terminal acetylenes is 1. The van der Waals surface area contributed by atoms with E-state index in [9.17, 15) is 0 Å². The van der Waals surface area contributed by atoms with Crippen molar-refractivity contribution in [2.45, 2.75) is 0 Å². The van der Waals surface area contributed by atoms with Gasteiger partial charge in [0.2, 0.25) is 0 Å². The van der Waals surface area contributed by atoms with Crippen LogP contribution in [-0.2, 0) is 0 Å². The summed E-state index contributed by atoms with van der Waals surface area (Å²) in [6.45, 7) is 0. The molecular weight excluding hydrogens is 232 g/mol. The van der Waals surface area contributed by atoms with Gasteiger partial charge in [0.15, 0.2) is 0 Å². The fourth-order valence-electron chi connectivity index (χ4n) is 1.02. The maximum absolute atomic E-state index is 5.33. The molecule has 0 fully saturated rings. The van der Waals surface area contributed by atoms with E-state index in [4.69, 9.17) is 15.9 Å². The van der Waals surface area contributed by atoms with E-state index in [1.165, 1.54) is 0 Å². The van der Waals surface area contributed by atoms with Gasteiger partial charge in [0, 0.05) is 4.47 Å². The van der Waals surface area contributed by atoms with Crippen LogP contribution in [-0.4, -0.2) is 14.2 Å². The molecule has 1 aromatic carbocycles. The second kappa shape index (κ2) is 4.20. The van der Waals surface area contributed by atoms with Crippen LogP contribution in [0.2, 0.25) is 0 Å². The van der Waals surface area contributed by atoms with E-state index in [-0.39, 0.29) is 0 Å². The van der Waals surface area contributed by atoms with Crippen molar-refractivity contribution in [2.24, 2.45) is 0 Å². The van der Waals surface area contributed by atoms with Crippen molar-refractivity contribution in [1.29, 1.82) is 0 Å². The highest BCUT2D eigenvalue weighted by molar-refractivity contribution is 9.10. The minimum Gasteiger partial charge on any atom is -0.495 e. The lowest BCUT2D eigenvalue weighted by Gasteiger charge is -2.08. The Hall–Kier alpha value is -1.14. The third-order valence-corrected chi connectivity index (χ3v) is 2.07. The predicted octanol–water partition coefficient (Wildman–Crippen LogP) is 2.45. The van der Waals surface area contributed by atoms with Crippen molar-refractivity contribution < 1.29 is 9.47 Å². The van der Waals surface area contributed by atoms with Crippen LogP contribution in [0.15, 0.2) is 16.6 Å². The van der Waals surface area contributed by atoms with Gasteiger partial charge in [0.05, 0.1) is 14.2 Å².